The van der Waals surface area contributed by atoms with E-state index in [1.165, 1.54) is 23.4 Å². The number of ether oxygens (including phenoxy) is 1. The van der Waals surface area contributed by atoms with E-state index in [-0.39, 0.29) is 11.2 Å². The molecule has 0 radical (unpaired) electrons. The van der Waals surface area contributed by atoms with Gasteiger partial charge < -0.3 is 4.74 Å². The minimum Gasteiger partial charge on any atom is -0.497 e. The maximum Gasteiger partial charge on any atom is 0.196 e. The van der Waals surface area contributed by atoms with Crippen molar-refractivity contribution in [2.75, 3.05) is 7.11 Å². The summed E-state index contributed by atoms with van der Waals surface area (Å²) < 4.78 is 22.4. The molecule has 0 unspecified atom stereocenters. The van der Waals surface area contributed by atoms with Gasteiger partial charge in [-0.1, -0.05) is 78.8 Å². The third kappa shape index (κ3) is 5.31. The molecule has 0 fully saturated rings. The number of halogens is 2. The molecule has 0 amide bonds. The third-order valence-corrected chi connectivity index (χ3v) is 6.82. The lowest BCUT2D eigenvalue weighted by atomic mass is 9.87. The average molecular weight is 526 g/mol. The highest BCUT2D eigenvalue weighted by Gasteiger charge is 2.19. The normalized spacial score (nSPS) is 11.6. The van der Waals surface area contributed by atoms with E-state index in [0.717, 1.165) is 27.3 Å². The summed E-state index contributed by atoms with van der Waals surface area (Å²) in [5.41, 5.74) is 3.81. The predicted molar refractivity (Wildman–Crippen MR) is 136 cm³/mol. The van der Waals surface area contributed by atoms with Crippen molar-refractivity contribution < 1.29 is 9.13 Å². The summed E-state index contributed by atoms with van der Waals surface area (Å²) in [7, 11) is 1.64. The van der Waals surface area contributed by atoms with Gasteiger partial charge in [0.25, 0.3) is 0 Å². The Hall–Kier alpha value is -2.64. The molecule has 3 aromatic carbocycles. The molecule has 170 valence electrons. The molecular weight excluding hydrogens is 501 g/mol. The highest BCUT2D eigenvalue weighted by atomic mass is 79.9. The monoisotopic (exact) mass is 525 g/mol. The topological polar surface area (TPSA) is 39.9 Å². The summed E-state index contributed by atoms with van der Waals surface area (Å²) in [5, 5.41) is 9.66. The van der Waals surface area contributed by atoms with Crippen molar-refractivity contribution in [3.63, 3.8) is 0 Å². The van der Waals surface area contributed by atoms with E-state index in [4.69, 9.17) is 4.74 Å². The predicted octanol–water partition coefficient (Wildman–Crippen LogP) is 7.43. The van der Waals surface area contributed by atoms with E-state index in [2.05, 4.69) is 71.2 Å². The summed E-state index contributed by atoms with van der Waals surface area (Å²) in [5.74, 6) is 1.70. The van der Waals surface area contributed by atoms with Gasteiger partial charge in [0.15, 0.2) is 11.0 Å². The van der Waals surface area contributed by atoms with Crippen molar-refractivity contribution >= 4 is 27.7 Å². The Kier molecular flexibility index (Phi) is 6.91. The molecule has 0 N–H and O–H groups in total. The van der Waals surface area contributed by atoms with Crippen molar-refractivity contribution in [2.45, 2.75) is 37.1 Å². The first-order valence-corrected chi connectivity index (χ1v) is 12.3. The molecule has 0 aliphatic carbocycles. The van der Waals surface area contributed by atoms with Crippen molar-refractivity contribution in [3.05, 3.63) is 88.1 Å². The molecule has 0 atom stereocenters. The molecule has 7 heteroatoms. The Bertz CT molecular complexity index is 1250. The Labute approximate surface area is 206 Å². The fourth-order valence-electron chi connectivity index (χ4n) is 3.41. The van der Waals surface area contributed by atoms with Gasteiger partial charge in [-0.05, 0) is 52.9 Å². The highest BCUT2D eigenvalue weighted by Crippen LogP contribution is 2.32. The average Bonchev–Trinajstić information content (AvgIpc) is 3.22. The SMILES string of the molecule is COc1ccc(-n2c(SCc3ccc(Br)cc3F)nnc2-c2ccc(C(C)(C)C)cc2)cc1. The smallest absolute Gasteiger partial charge is 0.196 e. The molecule has 0 saturated carbocycles. The largest absolute Gasteiger partial charge is 0.497 e. The fourth-order valence-corrected chi connectivity index (χ4v) is 4.69. The van der Waals surface area contributed by atoms with E-state index in [0.29, 0.717) is 16.5 Å². The van der Waals surface area contributed by atoms with Crippen LogP contribution in [-0.2, 0) is 11.2 Å². The highest BCUT2D eigenvalue weighted by molar-refractivity contribution is 9.10. The number of methoxy groups -OCH3 is 1. The number of rotatable bonds is 6. The van der Waals surface area contributed by atoms with Gasteiger partial charge in [0.05, 0.1) is 7.11 Å². The molecule has 4 nitrogen and oxygen atoms in total. The van der Waals surface area contributed by atoms with Gasteiger partial charge in [0, 0.05) is 21.5 Å². The number of nitrogens with zero attached hydrogens (tertiary/aromatic N) is 3. The van der Waals surface area contributed by atoms with E-state index in [1.807, 2.05) is 34.9 Å². The lowest BCUT2D eigenvalue weighted by Gasteiger charge is -2.19. The standard InChI is InChI=1S/C26H25BrFN3OS/c1-26(2,3)19-8-5-17(6-9-19)24-29-30-25(31(24)21-11-13-22(32-4)14-12-21)33-16-18-7-10-20(27)15-23(18)28/h5-15H,16H2,1-4H3. The second-order valence-corrected chi connectivity index (χ2v) is 10.5. The molecule has 33 heavy (non-hydrogen) atoms. The minimum atomic E-state index is -0.245. The Balaban J connectivity index is 1.73. The van der Waals surface area contributed by atoms with Crippen LogP contribution in [0.5, 0.6) is 5.75 Å². The number of hydrogen-bond donors (Lipinski definition) is 0. The first kappa shape index (κ1) is 23.5. The lowest BCUT2D eigenvalue weighted by molar-refractivity contribution is 0.414. The van der Waals surface area contributed by atoms with Crippen LogP contribution in [0.2, 0.25) is 0 Å². The number of thioether (sulfide) groups is 1. The van der Waals surface area contributed by atoms with E-state index in [1.54, 1.807) is 13.2 Å². The maximum absolute atomic E-state index is 14.4. The molecule has 1 aromatic heterocycles. The summed E-state index contributed by atoms with van der Waals surface area (Å²) in [6, 6.07) is 21.3. The Morgan fingerprint density at radius 3 is 2.27 bits per heavy atom. The molecule has 0 aliphatic heterocycles. The second-order valence-electron chi connectivity index (χ2n) is 8.69. The maximum atomic E-state index is 14.4. The van der Waals surface area contributed by atoms with E-state index >= 15 is 0 Å². The van der Waals surface area contributed by atoms with Gasteiger partial charge in [-0.3, -0.25) is 4.57 Å². The Morgan fingerprint density at radius 2 is 1.67 bits per heavy atom. The molecule has 1 heterocycles. The summed E-state index contributed by atoms with van der Waals surface area (Å²) in [6.45, 7) is 6.58. The number of hydrogen-bond acceptors (Lipinski definition) is 4. The van der Waals surface area contributed by atoms with Crippen LogP contribution in [0.15, 0.2) is 76.4 Å². The van der Waals surface area contributed by atoms with E-state index < -0.39 is 0 Å². The fraction of sp³-hybridized carbons (Fsp3) is 0.231. The van der Waals surface area contributed by atoms with Crippen LogP contribution >= 0.6 is 27.7 Å². The van der Waals surface area contributed by atoms with Crippen molar-refractivity contribution in [3.8, 4) is 22.8 Å². The number of benzene rings is 3. The van der Waals surface area contributed by atoms with Crippen molar-refractivity contribution in [2.24, 2.45) is 0 Å². The van der Waals surface area contributed by atoms with Gasteiger partial charge in [0.2, 0.25) is 0 Å². The number of aromatic nitrogens is 3. The van der Waals surface area contributed by atoms with Gasteiger partial charge in [-0.15, -0.1) is 10.2 Å². The van der Waals surface area contributed by atoms with Gasteiger partial charge in [-0.25, -0.2) is 4.39 Å². The first-order valence-electron chi connectivity index (χ1n) is 10.5. The molecule has 4 rings (SSSR count). The molecule has 0 aliphatic rings. The van der Waals surface area contributed by atoms with Crippen LogP contribution in [0.3, 0.4) is 0 Å². The van der Waals surface area contributed by atoms with Crippen LogP contribution in [0.4, 0.5) is 4.39 Å². The van der Waals surface area contributed by atoms with Crippen LogP contribution in [0, 0.1) is 5.82 Å². The van der Waals surface area contributed by atoms with Crippen molar-refractivity contribution in [1.29, 1.82) is 0 Å². The summed E-state index contributed by atoms with van der Waals surface area (Å²) in [6.07, 6.45) is 0. The summed E-state index contributed by atoms with van der Waals surface area (Å²) in [4.78, 5) is 0. The first-order chi connectivity index (χ1) is 15.8. The van der Waals surface area contributed by atoms with Crippen molar-refractivity contribution in [1.82, 2.24) is 14.8 Å². The van der Waals surface area contributed by atoms with Gasteiger partial charge in [0.1, 0.15) is 11.6 Å². The van der Waals surface area contributed by atoms with Gasteiger partial charge in [-0.2, -0.15) is 0 Å². The lowest BCUT2D eigenvalue weighted by Crippen LogP contribution is -2.10. The molecular formula is C26H25BrFN3OS. The molecule has 0 spiro atoms. The van der Waals surface area contributed by atoms with Crippen LogP contribution in [0.1, 0.15) is 31.9 Å². The van der Waals surface area contributed by atoms with E-state index in [9.17, 15) is 4.39 Å². The minimum absolute atomic E-state index is 0.0674. The third-order valence-electron chi connectivity index (χ3n) is 5.34. The quantitative estimate of drug-likeness (QED) is 0.245. The molecule has 4 aromatic rings. The zero-order valence-corrected chi connectivity index (χ0v) is 21.4. The Morgan fingerprint density at radius 1 is 0.970 bits per heavy atom. The molecule has 0 saturated heterocycles. The molecule has 0 bridgehead atoms. The van der Waals surface area contributed by atoms with Crippen LogP contribution < -0.4 is 4.74 Å². The second kappa shape index (κ2) is 9.69. The summed E-state index contributed by atoms with van der Waals surface area (Å²) >= 11 is 4.76. The zero-order chi connectivity index (χ0) is 23.6. The zero-order valence-electron chi connectivity index (χ0n) is 19.0. The van der Waals surface area contributed by atoms with Crippen LogP contribution in [0.25, 0.3) is 17.1 Å². The van der Waals surface area contributed by atoms with Gasteiger partial charge >= 0.3 is 0 Å². The van der Waals surface area contributed by atoms with Crippen LogP contribution in [-0.4, -0.2) is 21.9 Å².